The van der Waals surface area contributed by atoms with Gasteiger partial charge < -0.3 is 14.6 Å². The van der Waals surface area contributed by atoms with Crippen LogP contribution < -0.4 is 10.4 Å². The zero-order valence-corrected chi connectivity index (χ0v) is 19.5. The van der Waals surface area contributed by atoms with Gasteiger partial charge in [0, 0.05) is 42.5 Å². The van der Waals surface area contributed by atoms with E-state index >= 15 is 0 Å². The lowest BCUT2D eigenvalue weighted by Gasteiger charge is -2.31. The summed E-state index contributed by atoms with van der Waals surface area (Å²) in [7, 11) is 1.63. The molecule has 0 saturated carbocycles. The van der Waals surface area contributed by atoms with Gasteiger partial charge in [-0.2, -0.15) is 5.10 Å². The molecular formula is C26H29N5O3. The maximum atomic E-state index is 13.1. The molecule has 0 spiro atoms. The standard InChI is InChI=1S/C26H29N5O3/c1-3-30-24(28-31(26(30)33)17-18-7-5-4-6-8-18)19-11-13-29(14-12-19)25(32)23-15-20-9-10-21(34-2)16-22(20)27-23/h4-10,15-16,19,27H,3,11-14,17H2,1-2H3. The molecule has 1 N–H and O–H groups in total. The largest absolute Gasteiger partial charge is 0.497 e. The fourth-order valence-electron chi connectivity index (χ4n) is 4.78. The van der Waals surface area contributed by atoms with Crippen LogP contribution in [0.15, 0.2) is 59.4 Å². The number of fused-ring (bicyclic) bond motifs is 1. The number of hydrogen-bond donors (Lipinski definition) is 1. The van der Waals surface area contributed by atoms with Crippen molar-refractivity contribution in [1.82, 2.24) is 24.2 Å². The van der Waals surface area contributed by atoms with Gasteiger partial charge >= 0.3 is 5.69 Å². The monoisotopic (exact) mass is 459 g/mol. The lowest BCUT2D eigenvalue weighted by molar-refractivity contribution is 0.0705. The van der Waals surface area contributed by atoms with E-state index in [0.29, 0.717) is 31.9 Å². The van der Waals surface area contributed by atoms with Gasteiger partial charge in [0.05, 0.1) is 13.7 Å². The minimum Gasteiger partial charge on any atom is -0.497 e. The Morgan fingerprint density at radius 2 is 1.88 bits per heavy atom. The van der Waals surface area contributed by atoms with Gasteiger partial charge in [-0.25, -0.2) is 9.48 Å². The number of aromatic nitrogens is 4. The quantitative estimate of drug-likeness (QED) is 0.477. The van der Waals surface area contributed by atoms with Crippen LogP contribution in [0.5, 0.6) is 5.75 Å². The van der Waals surface area contributed by atoms with Gasteiger partial charge in [0.1, 0.15) is 17.3 Å². The Balaban J connectivity index is 1.30. The number of H-pyrrole nitrogens is 1. The highest BCUT2D eigenvalue weighted by Crippen LogP contribution is 2.28. The third-order valence-corrected chi connectivity index (χ3v) is 6.65. The molecule has 0 bridgehead atoms. The van der Waals surface area contributed by atoms with E-state index in [-0.39, 0.29) is 17.5 Å². The molecule has 3 heterocycles. The van der Waals surface area contributed by atoms with Gasteiger partial charge in [-0.3, -0.25) is 9.36 Å². The predicted octanol–water partition coefficient (Wildman–Crippen LogP) is 3.62. The van der Waals surface area contributed by atoms with E-state index in [9.17, 15) is 9.59 Å². The number of nitrogens with zero attached hydrogens (tertiary/aromatic N) is 4. The van der Waals surface area contributed by atoms with Crippen molar-refractivity contribution in [1.29, 1.82) is 0 Å². The summed E-state index contributed by atoms with van der Waals surface area (Å²) < 4.78 is 8.61. The van der Waals surface area contributed by atoms with E-state index in [2.05, 4.69) is 4.98 Å². The summed E-state index contributed by atoms with van der Waals surface area (Å²) in [6.45, 7) is 4.28. The fraction of sp³-hybridized carbons (Fsp3) is 0.346. The molecule has 1 amide bonds. The topological polar surface area (TPSA) is 85.2 Å². The molecule has 34 heavy (non-hydrogen) atoms. The van der Waals surface area contributed by atoms with Gasteiger partial charge in [0.2, 0.25) is 0 Å². The molecule has 176 valence electrons. The summed E-state index contributed by atoms with van der Waals surface area (Å²) >= 11 is 0. The first-order chi connectivity index (χ1) is 16.6. The molecule has 1 aliphatic heterocycles. The van der Waals surface area contributed by atoms with Crippen molar-refractivity contribution < 1.29 is 9.53 Å². The number of carbonyl (C=O) groups excluding carboxylic acids is 1. The van der Waals surface area contributed by atoms with Crippen LogP contribution in [-0.4, -0.2) is 50.3 Å². The summed E-state index contributed by atoms with van der Waals surface area (Å²) in [4.78, 5) is 31.2. The van der Waals surface area contributed by atoms with Crippen LogP contribution in [0.25, 0.3) is 10.9 Å². The lowest BCUT2D eigenvalue weighted by Crippen LogP contribution is -2.38. The molecule has 8 heteroatoms. The van der Waals surface area contributed by atoms with E-state index in [0.717, 1.165) is 40.9 Å². The molecular weight excluding hydrogens is 430 g/mol. The molecule has 1 saturated heterocycles. The zero-order chi connectivity index (χ0) is 23.7. The van der Waals surface area contributed by atoms with Crippen LogP contribution in [0.2, 0.25) is 0 Å². The molecule has 0 radical (unpaired) electrons. The summed E-state index contributed by atoms with van der Waals surface area (Å²) in [5.74, 6) is 1.73. The molecule has 1 fully saturated rings. The highest BCUT2D eigenvalue weighted by Gasteiger charge is 2.29. The molecule has 1 aliphatic rings. The highest BCUT2D eigenvalue weighted by molar-refractivity contribution is 5.98. The van der Waals surface area contributed by atoms with E-state index in [1.807, 2.05) is 66.4 Å². The van der Waals surface area contributed by atoms with Crippen molar-refractivity contribution in [2.45, 2.75) is 38.8 Å². The number of nitrogens with one attached hydrogen (secondary N) is 1. The first kappa shape index (κ1) is 22.0. The van der Waals surface area contributed by atoms with Crippen molar-refractivity contribution in [3.8, 4) is 5.75 Å². The number of hydrogen-bond acceptors (Lipinski definition) is 4. The summed E-state index contributed by atoms with van der Waals surface area (Å²) in [5.41, 5.74) is 2.44. The number of ether oxygens (including phenoxy) is 1. The van der Waals surface area contributed by atoms with E-state index in [4.69, 9.17) is 9.84 Å². The van der Waals surface area contributed by atoms with Crippen molar-refractivity contribution in [3.05, 3.63) is 82.2 Å². The van der Waals surface area contributed by atoms with Crippen molar-refractivity contribution >= 4 is 16.8 Å². The van der Waals surface area contributed by atoms with Crippen LogP contribution in [-0.2, 0) is 13.1 Å². The number of rotatable bonds is 6. The number of methoxy groups -OCH3 is 1. The van der Waals surface area contributed by atoms with E-state index < -0.39 is 0 Å². The highest BCUT2D eigenvalue weighted by atomic mass is 16.5. The Bertz CT molecular complexity index is 1360. The van der Waals surface area contributed by atoms with Gasteiger partial charge in [0.15, 0.2) is 0 Å². The van der Waals surface area contributed by atoms with Crippen molar-refractivity contribution in [3.63, 3.8) is 0 Å². The second kappa shape index (κ2) is 9.21. The van der Waals surface area contributed by atoms with Gasteiger partial charge in [-0.15, -0.1) is 0 Å². The number of likely N-dealkylation sites (tertiary alicyclic amines) is 1. The van der Waals surface area contributed by atoms with E-state index in [1.165, 1.54) is 0 Å². The van der Waals surface area contributed by atoms with Crippen molar-refractivity contribution in [2.24, 2.45) is 0 Å². The summed E-state index contributed by atoms with van der Waals surface area (Å²) in [6.07, 6.45) is 1.56. The number of aromatic amines is 1. The molecule has 0 unspecified atom stereocenters. The normalized spacial score (nSPS) is 14.6. The molecule has 2 aromatic carbocycles. The first-order valence-corrected chi connectivity index (χ1v) is 11.7. The lowest BCUT2D eigenvalue weighted by atomic mass is 9.95. The Labute approximate surface area is 197 Å². The molecule has 0 atom stereocenters. The van der Waals surface area contributed by atoms with Gasteiger partial charge in [-0.05, 0) is 43.5 Å². The fourth-order valence-corrected chi connectivity index (χ4v) is 4.78. The average molecular weight is 460 g/mol. The van der Waals surface area contributed by atoms with Crippen LogP contribution in [0.3, 0.4) is 0 Å². The van der Waals surface area contributed by atoms with Crippen LogP contribution >= 0.6 is 0 Å². The summed E-state index contributed by atoms with van der Waals surface area (Å²) in [6, 6.07) is 17.5. The second-order valence-electron chi connectivity index (χ2n) is 8.73. The van der Waals surface area contributed by atoms with Gasteiger partial charge in [0.25, 0.3) is 5.91 Å². The molecule has 5 rings (SSSR count). The number of amides is 1. The SMILES string of the molecule is CCn1c(C2CCN(C(=O)c3cc4ccc(OC)cc4[nH]3)CC2)nn(Cc2ccccc2)c1=O. The smallest absolute Gasteiger partial charge is 0.346 e. The minimum absolute atomic E-state index is 0.00361. The zero-order valence-electron chi connectivity index (χ0n) is 19.5. The summed E-state index contributed by atoms with van der Waals surface area (Å²) in [5, 5.41) is 5.70. The molecule has 4 aromatic rings. The molecule has 8 nitrogen and oxygen atoms in total. The minimum atomic E-state index is -0.0756. The van der Waals surface area contributed by atoms with Crippen LogP contribution in [0.1, 0.15) is 47.6 Å². The van der Waals surface area contributed by atoms with Gasteiger partial charge in [-0.1, -0.05) is 30.3 Å². The first-order valence-electron chi connectivity index (χ1n) is 11.7. The number of carbonyl (C=O) groups is 1. The third kappa shape index (κ3) is 4.11. The predicted molar refractivity (Wildman–Crippen MR) is 130 cm³/mol. The molecule has 2 aromatic heterocycles. The maximum Gasteiger partial charge on any atom is 0.346 e. The Kier molecular flexibility index (Phi) is 5.96. The van der Waals surface area contributed by atoms with Crippen LogP contribution in [0.4, 0.5) is 0 Å². The molecule has 0 aliphatic carbocycles. The second-order valence-corrected chi connectivity index (χ2v) is 8.73. The number of piperidine rings is 1. The number of benzene rings is 2. The van der Waals surface area contributed by atoms with E-state index in [1.54, 1.807) is 16.4 Å². The van der Waals surface area contributed by atoms with Crippen LogP contribution in [0, 0.1) is 0 Å². The Morgan fingerprint density at radius 1 is 1.12 bits per heavy atom. The Morgan fingerprint density at radius 3 is 2.59 bits per heavy atom. The maximum absolute atomic E-state index is 13.1. The third-order valence-electron chi connectivity index (χ3n) is 6.65. The van der Waals surface area contributed by atoms with Crippen molar-refractivity contribution in [2.75, 3.05) is 20.2 Å². The Hall–Kier alpha value is -3.81. The average Bonchev–Trinajstić information content (AvgIpc) is 3.44.